The summed E-state index contributed by atoms with van der Waals surface area (Å²) < 4.78 is 14.9. The first-order valence-corrected chi connectivity index (χ1v) is 6.36. The molecule has 0 fully saturated rings. The smallest absolute Gasteiger partial charge is 0.356 e. The lowest BCUT2D eigenvalue weighted by Crippen LogP contribution is -1.99. The van der Waals surface area contributed by atoms with Crippen LogP contribution in [0.15, 0.2) is 29.2 Å². The van der Waals surface area contributed by atoms with Crippen LogP contribution >= 0.6 is 11.8 Å². The number of hydrogen-bond donors (Lipinski definition) is 1. The lowest BCUT2D eigenvalue weighted by Gasteiger charge is -2.04. The summed E-state index contributed by atoms with van der Waals surface area (Å²) in [5.74, 6) is -1.36. The van der Waals surface area contributed by atoms with Gasteiger partial charge >= 0.3 is 5.97 Å². The fourth-order valence-corrected chi connectivity index (χ4v) is 2.17. The molecule has 0 aliphatic heterocycles. The Morgan fingerprint density at radius 2 is 2.17 bits per heavy atom. The van der Waals surface area contributed by atoms with Crippen molar-refractivity contribution in [1.82, 2.24) is 9.78 Å². The van der Waals surface area contributed by atoms with E-state index in [1.54, 1.807) is 25.4 Å². The molecule has 1 N–H and O–H groups in total. The minimum atomic E-state index is -1.08. The van der Waals surface area contributed by atoms with E-state index >= 15 is 0 Å². The molecule has 0 bridgehead atoms. The topological polar surface area (TPSA) is 55.1 Å². The average Bonchev–Trinajstić information content (AvgIpc) is 2.72. The number of carboxylic acids is 1. The summed E-state index contributed by atoms with van der Waals surface area (Å²) in [5.41, 5.74) is 1.36. The Morgan fingerprint density at radius 3 is 2.72 bits per heavy atom. The van der Waals surface area contributed by atoms with E-state index in [1.165, 1.54) is 28.6 Å². The third-order valence-electron chi connectivity index (χ3n) is 2.55. The van der Waals surface area contributed by atoms with Crippen molar-refractivity contribution in [2.45, 2.75) is 4.90 Å². The Labute approximate surface area is 107 Å². The quantitative estimate of drug-likeness (QED) is 0.868. The Balaban J connectivity index is 2.51. The second-order valence-electron chi connectivity index (χ2n) is 3.69. The number of rotatable bonds is 3. The number of benzene rings is 1. The van der Waals surface area contributed by atoms with E-state index in [2.05, 4.69) is 5.10 Å². The standard InChI is InChI=1S/C12H11FN2O2S/c1-15-10(6-9(14-15)12(16)17)7-3-4-8(13)11(5-7)18-2/h3-6H,1-2H3,(H,16,17). The second kappa shape index (κ2) is 4.81. The number of aromatic nitrogens is 2. The summed E-state index contributed by atoms with van der Waals surface area (Å²) in [6.45, 7) is 0. The molecular formula is C12H11FN2O2S. The average molecular weight is 266 g/mol. The number of hydrogen-bond acceptors (Lipinski definition) is 3. The maximum Gasteiger partial charge on any atom is 0.356 e. The Bertz CT molecular complexity index is 610. The van der Waals surface area contributed by atoms with Gasteiger partial charge < -0.3 is 5.11 Å². The van der Waals surface area contributed by atoms with Gasteiger partial charge in [-0.1, -0.05) is 0 Å². The molecule has 0 radical (unpaired) electrons. The molecule has 2 aromatic rings. The van der Waals surface area contributed by atoms with Gasteiger partial charge in [0.1, 0.15) is 5.82 Å². The van der Waals surface area contributed by atoms with Crippen LogP contribution in [0, 0.1) is 5.82 Å². The number of carboxylic acid groups (broad SMARTS) is 1. The third kappa shape index (κ3) is 2.24. The zero-order chi connectivity index (χ0) is 13.3. The van der Waals surface area contributed by atoms with Crippen LogP contribution in [-0.2, 0) is 7.05 Å². The number of carbonyl (C=O) groups is 1. The molecular weight excluding hydrogens is 255 g/mol. The molecule has 4 nitrogen and oxygen atoms in total. The summed E-state index contributed by atoms with van der Waals surface area (Å²) in [7, 11) is 1.66. The Morgan fingerprint density at radius 1 is 1.44 bits per heavy atom. The molecule has 0 aliphatic carbocycles. The number of thioether (sulfide) groups is 1. The normalized spacial score (nSPS) is 10.6. The van der Waals surface area contributed by atoms with Gasteiger partial charge in [0.25, 0.3) is 0 Å². The molecule has 94 valence electrons. The van der Waals surface area contributed by atoms with Crippen molar-refractivity contribution >= 4 is 17.7 Å². The van der Waals surface area contributed by atoms with Gasteiger partial charge in [-0.2, -0.15) is 5.10 Å². The Kier molecular flexibility index (Phi) is 3.38. The van der Waals surface area contributed by atoms with E-state index in [0.29, 0.717) is 10.6 Å². The molecule has 18 heavy (non-hydrogen) atoms. The summed E-state index contributed by atoms with van der Waals surface area (Å²) in [6, 6.07) is 6.13. The van der Waals surface area contributed by atoms with Crippen LogP contribution in [0.25, 0.3) is 11.3 Å². The first-order valence-electron chi connectivity index (χ1n) is 5.14. The van der Waals surface area contributed by atoms with Gasteiger partial charge in [-0.3, -0.25) is 4.68 Å². The molecule has 1 aromatic carbocycles. The van der Waals surface area contributed by atoms with E-state index in [1.807, 2.05) is 0 Å². The predicted octanol–water partition coefficient (Wildman–Crippen LogP) is 2.65. The molecule has 0 spiro atoms. The molecule has 0 saturated heterocycles. The molecule has 1 heterocycles. The van der Waals surface area contributed by atoms with Crippen molar-refractivity contribution in [1.29, 1.82) is 0 Å². The van der Waals surface area contributed by atoms with E-state index in [-0.39, 0.29) is 11.5 Å². The predicted molar refractivity (Wildman–Crippen MR) is 67.3 cm³/mol. The van der Waals surface area contributed by atoms with Crippen LogP contribution in [0.4, 0.5) is 4.39 Å². The van der Waals surface area contributed by atoms with Crippen molar-refractivity contribution in [2.24, 2.45) is 7.05 Å². The lowest BCUT2D eigenvalue weighted by atomic mass is 10.1. The van der Waals surface area contributed by atoms with E-state index < -0.39 is 5.97 Å². The number of nitrogens with zero attached hydrogens (tertiary/aromatic N) is 2. The van der Waals surface area contributed by atoms with Crippen LogP contribution < -0.4 is 0 Å². The highest BCUT2D eigenvalue weighted by atomic mass is 32.2. The molecule has 0 unspecified atom stereocenters. The highest BCUT2D eigenvalue weighted by Gasteiger charge is 2.13. The van der Waals surface area contributed by atoms with Gasteiger partial charge in [0.2, 0.25) is 0 Å². The van der Waals surface area contributed by atoms with Gasteiger partial charge in [0.05, 0.1) is 5.69 Å². The molecule has 0 saturated carbocycles. The monoisotopic (exact) mass is 266 g/mol. The number of aromatic carboxylic acids is 1. The molecule has 6 heteroatoms. The van der Waals surface area contributed by atoms with Gasteiger partial charge in [0.15, 0.2) is 5.69 Å². The Hall–Kier alpha value is -1.82. The van der Waals surface area contributed by atoms with Gasteiger partial charge in [-0.05, 0) is 30.5 Å². The first-order chi connectivity index (χ1) is 8.52. The lowest BCUT2D eigenvalue weighted by molar-refractivity contribution is 0.0689. The van der Waals surface area contributed by atoms with Crippen molar-refractivity contribution < 1.29 is 14.3 Å². The first kappa shape index (κ1) is 12.6. The molecule has 0 atom stereocenters. The van der Waals surface area contributed by atoms with Crippen molar-refractivity contribution in [3.05, 3.63) is 35.8 Å². The van der Waals surface area contributed by atoms with Gasteiger partial charge in [-0.25, -0.2) is 9.18 Å². The highest BCUT2D eigenvalue weighted by molar-refractivity contribution is 7.98. The summed E-state index contributed by atoms with van der Waals surface area (Å²) in [5, 5.41) is 12.8. The van der Waals surface area contributed by atoms with Crippen LogP contribution in [0.2, 0.25) is 0 Å². The molecule has 0 aliphatic rings. The summed E-state index contributed by atoms with van der Waals surface area (Å²) >= 11 is 1.30. The molecule has 1 aromatic heterocycles. The van der Waals surface area contributed by atoms with E-state index in [9.17, 15) is 9.18 Å². The van der Waals surface area contributed by atoms with Crippen molar-refractivity contribution in [3.8, 4) is 11.3 Å². The van der Waals surface area contributed by atoms with Crippen molar-refractivity contribution in [2.75, 3.05) is 6.26 Å². The fourth-order valence-electron chi connectivity index (χ4n) is 1.66. The van der Waals surface area contributed by atoms with Crippen molar-refractivity contribution in [3.63, 3.8) is 0 Å². The van der Waals surface area contributed by atoms with Crippen LogP contribution in [0.5, 0.6) is 0 Å². The SMILES string of the molecule is CSc1cc(-c2cc(C(=O)O)nn2C)ccc1F. The second-order valence-corrected chi connectivity index (χ2v) is 4.54. The summed E-state index contributed by atoms with van der Waals surface area (Å²) in [6.07, 6.45) is 1.79. The van der Waals surface area contributed by atoms with Gasteiger partial charge in [0, 0.05) is 17.5 Å². The zero-order valence-corrected chi connectivity index (χ0v) is 10.7. The zero-order valence-electron chi connectivity index (χ0n) is 9.85. The maximum atomic E-state index is 13.4. The minimum Gasteiger partial charge on any atom is -0.476 e. The van der Waals surface area contributed by atoms with Crippen LogP contribution in [0.3, 0.4) is 0 Å². The minimum absolute atomic E-state index is 0.0254. The van der Waals surface area contributed by atoms with E-state index in [0.717, 1.165) is 5.56 Å². The summed E-state index contributed by atoms with van der Waals surface area (Å²) in [4.78, 5) is 11.4. The van der Waals surface area contributed by atoms with Crippen LogP contribution in [-0.4, -0.2) is 27.1 Å². The highest BCUT2D eigenvalue weighted by Crippen LogP contribution is 2.27. The van der Waals surface area contributed by atoms with Gasteiger partial charge in [-0.15, -0.1) is 11.8 Å². The molecule has 2 rings (SSSR count). The largest absolute Gasteiger partial charge is 0.476 e. The van der Waals surface area contributed by atoms with E-state index in [4.69, 9.17) is 5.11 Å². The number of halogens is 1. The molecule has 0 amide bonds. The van der Waals surface area contributed by atoms with Crippen LogP contribution in [0.1, 0.15) is 10.5 Å². The third-order valence-corrected chi connectivity index (χ3v) is 3.30. The fraction of sp³-hybridized carbons (Fsp3) is 0.167. The maximum absolute atomic E-state index is 13.4. The number of aryl methyl sites for hydroxylation is 1.